The molecule has 0 aliphatic carbocycles. The number of halogens is 2. The number of carbonyl (C=O) groups is 3. The zero-order valence-corrected chi connectivity index (χ0v) is 20.8. The fourth-order valence-corrected chi connectivity index (χ4v) is 3.89. The Bertz CT molecular complexity index is 1390. The van der Waals surface area contributed by atoms with Crippen LogP contribution in [0, 0.1) is 12.7 Å². The van der Waals surface area contributed by atoms with E-state index >= 15 is 0 Å². The number of ether oxygens (including phenoxy) is 2. The molecular formula is C27H23ClFN3O5. The summed E-state index contributed by atoms with van der Waals surface area (Å²) in [6.07, 6.45) is 1.42. The molecule has 0 radical (unpaired) electrons. The lowest BCUT2D eigenvalue weighted by atomic mass is 10.1. The number of rotatable bonds is 8. The maximum atomic E-state index is 14.0. The molecule has 37 heavy (non-hydrogen) atoms. The first-order valence-corrected chi connectivity index (χ1v) is 11.6. The summed E-state index contributed by atoms with van der Waals surface area (Å²) in [5, 5.41) is 5.35. The summed E-state index contributed by atoms with van der Waals surface area (Å²) in [5.74, 6) is -1.14. The molecule has 0 atom stereocenters. The molecule has 0 aromatic heterocycles. The first kappa shape index (κ1) is 25.7. The van der Waals surface area contributed by atoms with Crippen LogP contribution in [0.2, 0.25) is 5.02 Å². The number of benzene rings is 3. The van der Waals surface area contributed by atoms with Crippen molar-refractivity contribution >= 4 is 41.2 Å². The Hall–Kier alpha value is -4.37. The highest BCUT2D eigenvalue weighted by atomic mass is 35.5. The van der Waals surface area contributed by atoms with Gasteiger partial charge in [-0.25, -0.2) is 9.18 Å². The van der Waals surface area contributed by atoms with E-state index in [4.69, 9.17) is 21.1 Å². The maximum absolute atomic E-state index is 14.0. The molecule has 0 saturated carbocycles. The number of imide groups is 1. The molecular weight excluding hydrogens is 501 g/mol. The topological polar surface area (TPSA) is 97.0 Å². The summed E-state index contributed by atoms with van der Waals surface area (Å²) in [7, 11) is 1.40. The minimum absolute atomic E-state index is 0.00870. The van der Waals surface area contributed by atoms with E-state index in [1.165, 1.54) is 37.5 Å². The van der Waals surface area contributed by atoms with Crippen LogP contribution in [0.4, 0.5) is 14.9 Å². The lowest BCUT2D eigenvalue weighted by molar-refractivity contribution is -0.123. The summed E-state index contributed by atoms with van der Waals surface area (Å²) in [5.41, 5.74) is 2.34. The number of carbonyl (C=O) groups excluding carboxylic acids is 3. The molecule has 8 nitrogen and oxygen atoms in total. The Balaban J connectivity index is 1.47. The number of nitrogens with zero attached hydrogens (tertiary/aromatic N) is 1. The Morgan fingerprint density at radius 3 is 2.57 bits per heavy atom. The average molecular weight is 524 g/mol. The third kappa shape index (κ3) is 6.07. The van der Waals surface area contributed by atoms with Crippen molar-refractivity contribution in [2.45, 2.75) is 13.5 Å². The molecule has 3 aromatic rings. The molecule has 0 bridgehead atoms. The summed E-state index contributed by atoms with van der Waals surface area (Å²) >= 11 is 6.39. The van der Waals surface area contributed by atoms with Crippen molar-refractivity contribution in [1.82, 2.24) is 10.2 Å². The van der Waals surface area contributed by atoms with Gasteiger partial charge in [0, 0.05) is 11.3 Å². The molecule has 3 aromatic carbocycles. The Morgan fingerprint density at radius 2 is 1.86 bits per heavy atom. The van der Waals surface area contributed by atoms with Gasteiger partial charge in [0.05, 0.1) is 18.7 Å². The van der Waals surface area contributed by atoms with Crippen LogP contribution in [-0.2, 0) is 16.1 Å². The Labute approximate surface area is 217 Å². The van der Waals surface area contributed by atoms with Gasteiger partial charge in [-0.2, -0.15) is 0 Å². The fourth-order valence-electron chi connectivity index (χ4n) is 3.61. The van der Waals surface area contributed by atoms with Crippen molar-refractivity contribution in [3.05, 3.63) is 93.9 Å². The van der Waals surface area contributed by atoms with E-state index in [9.17, 15) is 18.8 Å². The largest absolute Gasteiger partial charge is 0.493 e. The second kappa shape index (κ2) is 11.1. The van der Waals surface area contributed by atoms with Crippen LogP contribution in [0.25, 0.3) is 6.08 Å². The molecule has 0 unspecified atom stereocenters. The van der Waals surface area contributed by atoms with Gasteiger partial charge in [0.15, 0.2) is 18.1 Å². The lowest BCUT2D eigenvalue weighted by Crippen LogP contribution is -2.30. The van der Waals surface area contributed by atoms with Crippen molar-refractivity contribution in [2.24, 2.45) is 0 Å². The number of urea groups is 1. The molecule has 1 heterocycles. The van der Waals surface area contributed by atoms with Gasteiger partial charge in [-0.15, -0.1) is 0 Å². The summed E-state index contributed by atoms with van der Waals surface area (Å²) in [6, 6.07) is 15.6. The van der Waals surface area contributed by atoms with Crippen LogP contribution in [0.3, 0.4) is 0 Å². The quantitative estimate of drug-likeness (QED) is 0.323. The smallest absolute Gasteiger partial charge is 0.329 e. The highest BCUT2D eigenvalue weighted by Gasteiger charge is 2.34. The van der Waals surface area contributed by atoms with Crippen molar-refractivity contribution in [3.63, 3.8) is 0 Å². The van der Waals surface area contributed by atoms with Crippen LogP contribution in [0.1, 0.15) is 16.7 Å². The number of aryl methyl sites for hydroxylation is 1. The van der Waals surface area contributed by atoms with E-state index in [1.807, 2.05) is 19.1 Å². The van der Waals surface area contributed by atoms with Gasteiger partial charge < -0.3 is 20.1 Å². The van der Waals surface area contributed by atoms with Crippen molar-refractivity contribution in [1.29, 1.82) is 0 Å². The summed E-state index contributed by atoms with van der Waals surface area (Å²) in [4.78, 5) is 38.4. The zero-order valence-electron chi connectivity index (χ0n) is 20.0. The van der Waals surface area contributed by atoms with Crippen molar-refractivity contribution < 1.29 is 28.2 Å². The summed E-state index contributed by atoms with van der Waals surface area (Å²) in [6.45, 7) is 1.42. The van der Waals surface area contributed by atoms with Crippen LogP contribution in [0.15, 0.2) is 66.4 Å². The second-order valence-electron chi connectivity index (χ2n) is 8.21. The molecule has 4 amide bonds. The average Bonchev–Trinajstić information content (AvgIpc) is 3.13. The standard InChI is InChI=1S/C27H23ClFN3O5/c1-16-7-9-19(10-8-16)30-24(33)15-37-25-20(28)11-17(13-23(25)36-2)12-22-26(34)32(27(35)31-22)14-18-5-3-4-6-21(18)29/h3-13H,14-15H2,1-2H3,(H,30,33)(H,31,35)/b22-12+. The SMILES string of the molecule is COc1cc(/C=C2/NC(=O)N(Cc3ccccc3F)C2=O)cc(Cl)c1OCC(=O)Nc1ccc(C)cc1. The van der Waals surface area contributed by atoms with Crippen LogP contribution in [0.5, 0.6) is 11.5 Å². The van der Waals surface area contributed by atoms with Gasteiger partial charge in [0.1, 0.15) is 11.5 Å². The monoisotopic (exact) mass is 523 g/mol. The third-order valence-electron chi connectivity index (χ3n) is 5.49. The highest BCUT2D eigenvalue weighted by molar-refractivity contribution is 6.32. The first-order valence-electron chi connectivity index (χ1n) is 11.2. The molecule has 0 spiro atoms. The van der Waals surface area contributed by atoms with Gasteiger partial charge in [0.25, 0.3) is 11.8 Å². The number of hydrogen-bond donors (Lipinski definition) is 2. The number of amides is 4. The van der Waals surface area contributed by atoms with Gasteiger partial charge >= 0.3 is 6.03 Å². The molecule has 10 heteroatoms. The number of anilines is 1. The normalized spacial score (nSPS) is 14.1. The molecule has 1 saturated heterocycles. The van der Waals surface area contributed by atoms with Gasteiger partial charge in [0.2, 0.25) is 0 Å². The van der Waals surface area contributed by atoms with Crippen LogP contribution in [-0.4, -0.2) is 36.5 Å². The van der Waals surface area contributed by atoms with Crippen molar-refractivity contribution in [3.8, 4) is 11.5 Å². The number of methoxy groups -OCH3 is 1. The molecule has 1 aliphatic rings. The highest BCUT2D eigenvalue weighted by Crippen LogP contribution is 2.37. The summed E-state index contributed by atoms with van der Waals surface area (Å²) < 4.78 is 25.0. The molecule has 2 N–H and O–H groups in total. The van der Waals surface area contributed by atoms with Gasteiger partial charge in [-0.05, 0) is 48.9 Å². The van der Waals surface area contributed by atoms with E-state index in [0.717, 1.165) is 10.5 Å². The van der Waals surface area contributed by atoms with Crippen LogP contribution < -0.4 is 20.1 Å². The lowest BCUT2D eigenvalue weighted by Gasteiger charge is -2.14. The van der Waals surface area contributed by atoms with Crippen molar-refractivity contribution in [2.75, 3.05) is 19.0 Å². The van der Waals surface area contributed by atoms with E-state index in [-0.39, 0.29) is 46.8 Å². The third-order valence-corrected chi connectivity index (χ3v) is 5.78. The van der Waals surface area contributed by atoms with E-state index in [0.29, 0.717) is 11.3 Å². The molecule has 190 valence electrons. The number of hydrogen-bond acceptors (Lipinski definition) is 5. The van der Waals surface area contributed by atoms with E-state index in [2.05, 4.69) is 10.6 Å². The number of nitrogens with one attached hydrogen (secondary N) is 2. The molecule has 1 aliphatic heterocycles. The van der Waals surface area contributed by atoms with E-state index < -0.39 is 17.8 Å². The van der Waals surface area contributed by atoms with Crippen LogP contribution >= 0.6 is 11.6 Å². The van der Waals surface area contributed by atoms with Gasteiger partial charge in [-0.3, -0.25) is 14.5 Å². The van der Waals surface area contributed by atoms with Gasteiger partial charge in [-0.1, -0.05) is 47.5 Å². The minimum Gasteiger partial charge on any atom is -0.493 e. The van der Waals surface area contributed by atoms with E-state index in [1.54, 1.807) is 24.3 Å². The molecule has 4 rings (SSSR count). The molecule has 1 fully saturated rings. The zero-order chi connectivity index (χ0) is 26.5. The Kier molecular flexibility index (Phi) is 7.74. The first-order chi connectivity index (χ1) is 17.7. The predicted octanol–water partition coefficient (Wildman–Crippen LogP) is 4.91. The second-order valence-corrected chi connectivity index (χ2v) is 8.62. The fraction of sp³-hybridized carbons (Fsp3) is 0.148. The predicted molar refractivity (Wildman–Crippen MR) is 137 cm³/mol. The minimum atomic E-state index is -0.669. The Morgan fingerprint density at radius 1 is 1.14 bits per heavy atom. The maximum Gasteiger partial charge on any atom is 0.329 e.